The van der Waals surface area contributed by atoms with Crippen LogP contribution in [0.4, 0.5) is 5.95 Å². The molecule has 4 aromatic carbocycles. The number of carbonyl (C=O) groups is 5. The van der Waals surface area contributed by atoms with Gasteiger partial charge in [0.1, 0.15) is 45.9 Å². The molecule has 0 fully saturated rings. The summed E-state index contributed by atoms with van der Waals surface area (Å²) in [6.07, 6.45) is 14.5. The number of carbonyl (C=O) groups excluding carboxylic acids is 5. The number of imidazole rings is 3. The molecule has 0 unspecified atom stereocenters. The third-order valence-corrected chi connectivity index (χ3v) is 14.8. The van der Waals surface area contributed by atoms with Crippen molar-refractivity contribution in [3.63, 3.8) is 0 Å². The molecule has 0 aliphatic rings. The zero-order valence-electron chi connectivity index (χ0n) is 48.3. The number of fused-ring (bicyclic) bond motifs is 3. The van der Waals surface area contributed by atoms with Crippen LogP contribution in [0.2, 0.25) is 20.1 Å². The Kier molecular flexibility index (Phi) is 24.0. The summed E-state index contributed by atoms with van der Waals surface area (Å²) in [4.78, 5) is 93.9. The number of rotatable bonds is 15. The third-order valence-electron chi connectivity index (χ3n) is 12.8. The summed E-state index contributed by atoms with van der Waals surface area (Å²) in [7, 11) is 3.15. The molecule has 7 aromatic heterocycles. The number of anilines is 1. The Morgan fingerprint density at radius 3 is 1.17 bits per heavy atom. The van der Waals surface area contributed by atoms with Gasteiger partial charge in [-0.2, -0.15) is 0 Å². The minimum Gasteiger partial charge on any atom is -0.508 e. The van der Waals surface area contributed by atoms with Gasteiger partial charge >= 0.3 is 0 Å². The molecule has 7 heterocycles. The van der Waals surface area contributed by atoms with E-state index in [1.807, 2.05) is 20.8 Å². The number of ether oxygens (including phenoxy) is 2. The van der Waals surface area contributed by atoms with Crippen LogP contribution in [0, 0.1) is 0 Å². The second kappa shape index (κ2) is 31.5. The van der Waals surface area contributed by atoms with E-state index in [9.17, 15) is 34.2 Å². The average Bonchev–Trinajstić information content (AvgIpc) is 1.94. The van der Waals surface area contributed by atoms with Crippen LogP contribution in [0.5, 0.6) is 23.0 Å². The predicted molar refractivity (Wildman–Crippen MR) is 346 cm³/mol. The monoisotopic (exact) mass is 1410 g/mol. The summed E-state index contributed by atoms with van der Waals surface area (Å²) in [6, 6.07) is 23.0. The molecule has 0 aliphatic heterocycles. The fourth-order valence-corrected chi connectivity index (χ4v) is 10.0. The van der Waals surface area contributed by atoms with Crippen LogP contribution >= 0.6 is 78.3 Å². The molecule has 0 saturated heterocycles. The summed E-state index contributed by atoms with van der Waals surface area (Å²) in [5.74, 6) is 2.46. The Balaban J connectivity index is 0.000000163. The lowest BCUT2D eigenvalue weighted by Crippen LogP contribution is -2.08. The number of ketones is 5. The van der Waals surface area contributed by atoms with Crippen LogP contribution < -0.4 is 15.2 Å². The molecule has 11 aromatic rings. The van der Waals surface area contributed by atoms with Crippen LogP contribution in [-0.4, -0.2) is 106 Å². The Morgan fingerprint density at radius 1 is 0.494 bits per heavy atom. The Labute approximate surface area is 546 Å². The lowest BCUT2D eigenvalue weighted by Gasteiger charge is -2.07. The van der Waals surface area contributed by atoms with Gasteiger partial charge in [-0.05, 0) is 136 Å². The van der Waals surface area contributed by atoms with Crippen molar-refractivity contribution in [2.24, 2.45) is 0 Å². The van der Waals surface area contributed by atoms with Crippen molar-refractivity contribution >= 4 is 130 Å². The van der Waals surface area contributed by atoms with E-state index in [1.54, 1.807) is 126 Å². The molecule has 0 spiro atoms. The molecule has 0 saturated carbocycles. The van der Waals surface area contributed by atoms with Crippen molar-refractivity contribution in [1.29, 1.82) is 0 Å². The zero-order chi connectivity index (χ0) is 64.6. The topological polar surface area (TPSA) is 287 Å². The van der Waals surface area contributed by atoms with Crippen molar-refractivity contribution in [3.8, 4) is 23.0 Å². The van der Waals surface area contributed by atoms with E-state index < -0.39 is 0 Å². The van der Waals surface area contributed by atoms with Gasteiger partial charge in [0.05, 0.1) is 97.7 Å². The second-order valence-electron chi connectivity index (χ2n) is 18.6. The molecule has 458 valence electrons. The number of nitrogens with zero attached hydrogens (tertiary/aromatic N) is 11. The minimum absolute atomic E-state index is 0.0111. The fraction of sp³-hybridized carbons (Fsp3) is 0.177. The largest absolute Gasteiger partial charge is 0.508 e. The smallest absolute Gasteiger partial charge is 0.234 e. The quantitative estimate of drug-likeness (QED) is 0.0635. The van der Waals surface area contributed by atoms with Crippen LogP contribution in [0.15, 0.2) is 143 Å². The Bertz CT molecular complexity index is 4320. The summed E-state index contributed by atoms with van der Waals surface area (Å²) in [5.41, 5.74) is 10.5. The molecular weight excluding hydrogens is 1360 g/mol. The number of halogens is 6. The number of hydrogen-bond acceptors (Lipinski definition) is 18. The molecular formula is C62H54Br2Cl4N12O9. The number of aromatic nitrogens is 11. The highest BCUT2D eigenvalue weighted by molar-refractivity contribution is 9.11. The molecule has 0 atom stereocenters. The first kappa shape index (κ1) is 67.8. The van der Waals surface area contributed by atoms with Gasteiger partial charge in [0.25, 0.3) is 0 Å². The number of Topliss-reactive ketones (excluding diaryl/α,β-unsaturated/α-hetero) is 2. The number of aromatic hydroxyl groups is 2. The molecule has 21 nitrogen and oxygen atoms in total. The molecule has 89 heavy (non-hydrogen) atoms. The Morgan fingerprint density at radius 2 is 0.831 bits per heavy atom. The molecule has 0 bridgehead atoms. The van der Waals surface area contributed by atoms with E-state index in [0.29, 0.717) is 140 Å². The van der Waals surface area contributed by atoms with Gasteiger partial charge in [-0.3, -0.25) is 37.2 Å². The zero-order valence-corrected chi connectivity index (χ0v) is 54.4. The molecule has 27 heteroatoms. The van der Waals surface area contributed by atoms with Gasteiger partial charge in [-0.1, -0.05) is 74.1 Å². The van der Waals surface area contributed by atoms with Crippen LogP contribution in [0.3, 0.4) is 0 Å². The number of nitrogens with two attached hydrogens (primary N) is 1. The minimum atomic E-state index is -0.222. The number of hydrogen-bond donors (Lipinski definition) is 3. The number of benzene rings is 4. The SMILES string of the molecule is CCC(=O)CC(=O)c1ccc(OC)cc1.CCc1nc2ncc(Cl)cn2c1C(=O)c1cc(Br)c(O)c(Br)c1.CCc1nc2ncc(Cl)cn2c1C(=O)c1ccc(O)cc1.CCc1nc2ncc(Cl)cn2c1C(=O)c1ccc(OC)cc1.Nc1ncc(Cl)cn1. The van der Waals surface area contributed by atoms with E-state index in [1.165, 1.54) is 43.1 Å². The average molecular weight is 1410 g/mol. The van der Waals surface area contributed by atoms with Crippen molar-refractivity contribution in [2.45, 2.75) is 59.8 Å². The maximum absolute atomic E-state index is 13.0. The first-order valence-corrected chi connectivity index (χ1v) is 30.0. The number of nitrogen functional groups attached to an aromatic ring is 1. The Hall–Kier alpha value is -8.71. The van der Waals surface area contributed by atoms with E-state index in [-0.39, 0.29) is 52.8 Å². The van der Waals surface area contributed by atoms with Gasteiger partial charge < -0.3 is 25.4 Å². The van der Waals surface area contributed by atoms with E-state index in [4.69, 9.17) is 61.6 Å². The van der Waals surface area contributed by atoms with Gasteiger partial charge in [-0.25, -0.2) is 39.9 Å². The third kappa shape index (κ3) is 17.1. The first-order chi connectivity index (χ1) is 42.6. The predicted octanol–water partition coefficient (Wildman–Crippen LogP) is 13.4. The molecule has 11 rings (SSSR count). The van der Waals surface area contributed by atoms with Crippen molar-refractivity contribution < 1.29 is 43.7 Å². The maximum Gasteiger partial charge on any atom is 0.234 e. The summed E-state index contributed by atoms with van der Waals surface area (Å²) < 4.78 is 15.8. The van der Waals surface area contributed by atoms with E-state index in [2.05, 4.69) is 71.7 Å². The summed E-state index contributed by atoms with van der Waals surface area (Å²) in [5, 5.41) is 20.9. The number of phenols is 2. The van der Waals surface area contributed by atoms with Crippen molar-refractivity contribution in [2.75, 3.05) is 20.0 Å². The second-order valence-corrected chi connectivity index (χ2v) is 22.1. The van der Waals surface area contributed by atoms with Crippen LogP contribution in [0.1, 0.15) is 116 Å². The standard InChI is InChI=1S/C16H14ClN3O2.C15H10Br2ClN3O2.C15H12ClN3O2.C12H14O3.C4H4ClN3/c1-3-13-14(20-9-11(17)8-18-16(20)19-13)15(21)10-4-6-12(22-2)7-5-10;1-2-11-12(21-6-8(18)5-19-15(21)20-11)13(22)7-3-9(16)14(23)10(17)4-7;1-2-12-13(14(21)9-3-5-11(20)6-4-9)19-8-10(16)7-17-15(19)18-12;1-3-10(13)8-12(14)9-4-6-11(15-2)7-5-9;5-3-1-7-4(6)8-2-3/h4-9H,3H2,1-2H3;3-6,23H,2H2,1H3;3-8,20H,2H2,1H3;4-7H,3,8H2,1-2H3;1-2H,(H2,6,7,8). The van der Waals surface area contributed by atoms with Gasteiger partial charge in [-0.15, -0.1) is 0 Å². The molecule has 0 aliphatic carbocycles. The highest BCUT2D eigenvalue weighted by Gasteiger charge is 2.24. The van der Waals surface area contributed by atoms with Crippen LogP contribution in [-0.2, 0) is 24.1 Å². The fourth-order valence-electron chi connectivity index (χ4n) is 8.30. The van der Waals surface area contributed by atoms with Gasteiger partial charge in [0, 0.05) is 47.3 Å². The molecule has 0 radical (unpaired) electrons. The highest BCUT2D eigenvalue weighted by Crippen LogP contribution is 2.35. The van der Waals surface area contributed by atoms with Crippen molar-refractivity contribution in [1.82, 2.24) is 53.1 Å². The number of aryl methyl sites for hydroxylation is 3. The molecule has 4 N–H and O–H groups in total. The maximum atomic E-state index is 13.0. The van der Waals surface area contributed by atoms with Gasteiger partial charge in [0.2, 0.25) is 40.6 Å². The lowest BCUT2D eigenvalue weighted by atomic mass is 10.1. The number of phenolic OH excluding ortho intramolecular Hbond substituents is 2. The normalized spacial score (nSPS) is 10.6. The summed E-state index contributed by atoms with van der Waals surface area (Å²) >= 11 is 29.9. The first-order valence-electron chi connectivity index (χ1n) is 26.9. The highest BCUT2D eigenvalue weighted by atomic mass is 79.9. The summed E-state index contributed by atoms with van der Waals surface area (Å²) in [6.45, 7) is 7.55. The van der Waals surface area contributed by atoms with E-state index >= 15 is 0 Å². The van der Waals surface area contributed by atoms with E-state index in [0.717, 1.165) is 0 Å². The van der Waals surface area contributed by atoms with Crippen molar-refractivity contribution in [3.05, 3.63) is 220 Å². The lowest BCUT2D eigenvalue weighted by molar-refractivity contribution is -0.117. The van der Waals surface area contributed by atoms with Gasteiger partial charge in [0.15, 0.2) is 5.78 Å². The number of methoxy groups -OCH3 is 2. The van der Waals surface area contributed by atoms with Crippen LogP contribution in [0.25, 0.3) is 17.3 Å². The molecule has 0 amide bonds.